The first-order valence-corrected chi connectivity index (χ1v) is 8.94. The van der Waals surface area contributed by atoms with Crippen LogP contribution < -0.4 is 15.4 Å². The minimum absolute atomic E-state index is 0.00188. The lowest BCUT2D eigenvalue weighted by molar-refractivity contribution is -0.132. The molecule has 3 N–H and O–H groups in total. The van der Waals surface area contributed by atoms with E-state index >= 15 is 0 Å². The van der Waals surface area contributed by atoms with E-state index < -0.39 is 42.5 Å². The van der Waals surface area contributed by atoms with Gasteiger partial charge in [0.2, 0.25) is 5.91 Å². The Morgan fingerprint density at radius 3 is 2.67 bits per heavy atom. The Kier molecular flexibility index (Phi) is 6.26. The van der Waals surface area contributed by atoms with Gasteiger partial charge in [0, 0.05) is 35.5 Å². The van der Waals surface area contributed by atoms with E-state index in [9.17, 15) is 23.2 Å². The Labute approximate surface area is 170 Å². The number of halogens is 2. The molecular formula is C20H19F2N3O5. The number of benzene rings is 2. The average molecular weight is 419 g/mol. The summed E-state index contributed by atoms with van der Waals surface area (Å²) in [4.78, 5) is 36.6. The van der Waals surface area contributed by atoms with E-state index in [1.165, 1.54) is 31.4 Å². The number of methoxy groups -OCH3 is 1. The number of hydrogen-bond acceptors (Lipinski definition) is 6. The third-order valence-electron chi connectivity index (χ3n) is 4.56. The molecule has 1 aliphatic rings. The quantitative estimate of drug-likeness (QED) is 0.622. The minimum Gasteiger partial charge on any atom is -0.497 e. The minimum atomic E-state index is -0.891. The molecule has 1 aliphatic heterocycles. The summed E-state index contributed by atoms with van der Waals surface area (Å²) in [5.41, 5.74) is 1.10. The van der Waals surface area contributed by atoms with Gasteiger partial charge in [-0.3, -0.25) is 19.7 Å². The van der Waals surface area contributed by atoms with Gasteiger partial charge in [0.25, 0.3) is 11.8 Å². The molecule has 0 spiro atoms. The molecule has 0 aromatic heterocycles. The van der Waals surface area contributed by atoms with Crippen LogP contribution in [0.1, 0.15) is 21.5 Å². The van der Waals surface area contributed by atoms with Crippen LogP contribution in [0.2, 0.25) is 0 Å². The van der Waals surface area contributed by atoms with Crippen LogP contribution in [-0.4, -0.2) is 48.0 Å². The lowest BCUT2D eigenvalue weighted by Crippen LogP contribution is -2.41. The summed E-state index contributed by atoms with van der Waals surface area (Å²) >= 11 is 0. The second-order valence-corrected chi connectivity index (χ2v) is 6.58. The van der Waals surface area contributed by atoms with Gasteiger partial charge in [-0.25, -0.2) is 8.78 Å². The van der Waals surface area contributed by atoms with Crippen LogP contribution in [0.4, 0.5) is 14.5 Å². The summed E-state index contributed by atoms with van der Waals surface area (Å²) in [5.74, 6) is -2.92. The van der Waals surface area contributed by atoms with Crippen LogP contribution >= 0.6 is 0 Å². The molecule has 8 nitrogen and oxygen atoms in total. The van der Waals surface area contributed by atoms with Gasteiger partial charge < -0.3 is 20.1 Å². The Hall–Kier alpha value is -3.53. The van der Waals surface area contributed by atoms with Crippen LogP contribution in [0, 0.1) is 11.6 Å². The molecule has 10 heteroatoms. The zero-order valence-electron chi connectivity index (χ0n) is 16.0. The lowest BCUT2D eigenvalue weighted by atomic mass is 10.1. The monoisotopic (exact) mass is 419 g/mol. The molecule has 30 heavy (non-hydrogen) atoms. The van der Waals surface area contributed by atoms with Crippen molar-refractivity contribution in [1.29, 1.82) is 0 Å². The third-order valence-corrected chi connectivity index (χ3v) is 4.56. The molecule has 0 saturated heterocycles. The molecule has 0 atom stereocenters. The topological polar surface area (TPSA) is 108 Å². The summed E-state index contributed by atoms with van der Waals surface area (Å²) in [6, 6.07) is 6.47. The molecule has 3 rings (SSSR count). The Morgan fingerprint density at radius 1 is 1.20 bits per heavy atom. The predicted octanol–water partition coefficient (Wildman–Crippen LogP) is 1.18. The van der Waals surface area contributed by atoms with Crippen molar-refractivity contribution in [2.24, 2.45) is 0 Å². The molecule has 3 amide bonds. The van der Waals surface area contributed by atoms with Gasteiger partial charge in [-0.1, -0.05) is 0 Å². The Bertz CT molecular complexity index is 1010. The van der Waals surface area contributed by atoms with E-state index in [0.717, 1.165) is 11.0 Å². The van der Waals surface area contributed by atoms with Gasteiger partial charge in [0.1, 0.15) is 30.5 Å². The Balaban J connectivity index is 1.78. The summed E-state index contributed by atoms with van der Waals surface area (Å²) < 4.78 is 33.2. The van der Waals surface area contributed by atoms with Crippen molar-refractivity contribution in [1.82, 2.24) is 10.2 Å². The number of aliphatic hydroxyl groups is 1. The lowest BCUT2D eigenvalue weighted by Gasteiger charge is -2.15. The number of amides is 3. The van der Waals surface area contributed by atoms with Crippen molar-refractivity contribution in [2.75, 3.05) is 25.6 Å². The second-order valence-electron chi connectivity index (χ2n) is 6.58. The molecule has 0 saturated carbocycles. The SMILES string of the molecule is COc1ccc(F)c(CNc2cc(F)cc3c2CN(CC(=O)NC(=O)CO)C3=O)c1. The van der Waals surface area contributed by atoms with E-state index in [1.54, 1.807) is 0 Å². The number of rotatable bonds is 7. The van der Waals surface area contributed by atoms with Crippen molar-refractivity contribution in [3.63, 3.8) is 0 Å². The third kappa shape index (κ3) is 4.54. The number of nitrogens with zero attached hydrogens (tertiary/aromatic N) is 1. The number of carbonyl (C=O) groups excluding carboxylic acids is 3. The van der Waals surface area contributed by atoms with E-state index in [-0.39, 0.29) is 29.9 Å². The zero-order valence-corrected chi connectivity index (χ0v) is 16.0. The molecule has 0 aliphatic carbocycles. The van der Waals surface area contributed by atoms with Crippen LogP contribution in [0.25, 0.3) is 0 Å². The number of nitrogens with one attached hydrogen (secondary N) is 2. The summed E-state index contributed by atoms with van der Waals surface area (Å²) in [5, 5.41) is 13.5. The van der Waals surface area contributed by atoms with Gasteiger partial charge >= 0.3 is 0 Å². The van der Waals surface area contributed by atoms with E-state index in [4.69, 9.17) is 9.84 Å². The molecule has 0 unspecified atom stereocenters. The first-order chi connectivity index (χ1) is 14.3. The van der Waals surface area contributed by atoms with Crippen LogP contribution in [0.5, 0.6) is 5.75 Å². The van der Waals surface area contributed by atoms with Gasteiger partial charge in [-0.2, -0.15) is 0 Å². The fraction of sp³-hybridized carbons (Fsp3) is 0.250. The maximum absolute atomic E-state index is 14.1. The molecule has 0 radical (unpaired) electrons. The van der Waals surface area contributed by atoms with Crippen molar-refractivity contribution >= 4 is 23.4 Å². The van der Waals surface area contributed by atoms with Crippen molar-refractivity contribution in [3.8, 4) is 5.75 Å². The summed E-state index contributed by atoms with van der Waals surface area (Å²) in [7, 11) is 1.45. The predicted molar refractivity (Wildman–Crippen MR) is 102 cm³/mol. The van der Waals surface area contributed by atoms with E-state index in [0.29, 0.717) is 11.3 Å². The molecule has 0 bridgehead atoms. The number of carbonyl (C=O) groups is 3. The fourth-order valence-electron chi connectivity index (χ4n) is 3.13. The second kappa shape index (κ2) is 8.87. The smallest absolute Gasteiger partial charge is 0.255 e. The molecular weight excluding hydrogens is 400 g/mol. The van der Waals surface area contributed by atoms with Gasteiger partial charge in [0.15, 0.2) is 0 Å². The largest absolute Gasteiger partial charge is 0.497 e. The van der Waals surface area contributed by atoms with E-state index in [2.05, 4.69) is 5.32 Å². The highest BCUT2D eigenvalue weighted by Gasteiger charge is 2.31. The number of ether oxygens (including phenoxy) is 1. The van der Waals surface area contributed by atoms with Crippen molar-refractivity contribution in [2.45, 2.75) is 13.1 Å². The highest BCUT2D eigenvalue weighted by atomic mass is 19.1. The van der Waals surface area contributed by atoms with Crippen molar-refractivity contribution in [3.05, 3.63) is 58.7 Å². The molecule has 1 heterocycles. The fourth-order valence-corrected chi connectivity index (χ4v) is 3.13. The van der Waals surface area contributed by atoms with E-state index in [1.807, 2.05) is 5.32 Å². The first kappa shape index (κ1) is 21.2. The molecule has 0 fully saturated rings. The van der Waals surface area contributed by atoms with Crippen LogP contribution in [0.3, 0.4) is 0 Å². The Morgan fingerprint density at radius 2 is 1.97 bits per heavy atom. The number of hydrogen-bond donors (Lipinski definition) is 3. The van der Waals surface area contributed by atoms with Gasteiger partial charge in [0.05, 0.1) is 7.11 Å². The standard InChI is InChI=1S/C20H19F2N3O5/c1-30-13-2-3-16(22)11(4-13)7-23-17-6-12(21)5-14-15(17)8-25(20(14)29)9-18(27)24-19(28)10-26/h2-6,23,26H,7-10H2,1H3,(H,24,27,28). The summed E-state index contributed by atoms with van der Waals surface area (Å²) in [6.07, 6.45) is 0. The highest BCUT2D eigenvalue weighted by Crippen LogP contribution is 2.31. The van der Waals surface area contributed by atoms with Crippen LogP contribution in [-0.2, 0) is 22.7 Å². The van der Waals surface area contributed by atoms with Gasteiger partial charge in [-0.05, 0) is 30.3 Å². The highest BCUT2D eigenvalue weighted by molar-refractivity contribution is 6.03. The summed E-state index contributed by atoms with van der Waals surface area (Å²) in [6.45, 7) is -1.29. The van der Waals surface area contributed by atoms with Crippen LogP contribution in [0.15, 0.2) is 30.3 Å². The maximum atomic E-state index is 14.1. The first-order valence-electron chi connectivity index (χ1n) is 8.94. The number of anilines is 1. The van der Waals surface area contributed by atoms with Gasteiger partial charge in [-0.15, -0.1) is 0 Å². The maximum Gasteiger partial charge on any atom is 0.255 e. The number of imide groups is 1. The number of aliphatic hydroxyl groups excluding tert-OH is 1. The average Bonchev–Trinajstić information content (AvgIpc) is 3.02. The molecule has 2 aromatic rings. The van der Waals surface area contributed by atoms with Crippen molar-refractivity contribution < 1.29 is 33.0 Å². The number of fused-ring (bicyclic) bond motifs is 1. The zero-order chi connectivity index (χ0) is 21.8. The normalized spacial score (nSPS) is 12.5. The molecule has 158 valence electrons. The molecule has 2 aromatic carbocycles.